The number of fused-ring (bicyclic) bond motifs is 4. The van der Waals surface area contributed by atoms with Crippen molar-refractivity contribution in [3.63, 3.8) is 0 Å². The maximum Gasteiger partial charge on any atom is 0.331 e. The summed E-state index contributed by atoms with van der Waals surface area (Å²) in [6, 6.07) is 4.21. The number of esters is 2. The number of ketones is 8. The van der Waals surface area contributed by atoms with Crippen molar-refractivity contribution in [1.29, 1.82) is 0 Å². The van der Waals surface area contributed by atoms with Crippen molar-refractivity contribution in [2.75, 3.05) is 0 Å². The molecule has 0 radical (unpaired) electrons. The highest BCUT2D eigenvalue weighted by molar-refractivity contribution is 6.51. The van der Waals surface area contributed by atoms with Crippen LogP contribution in [0.2, 0.25) is 0 Å². The van der Waals surface area contributed by atoms with Gasteiger partial charge in [0.05, 0.1) is 44.5 Å². The normalized spacial score (nSPS) is 15.0. The molecule has 0 saturated carbocycles. The zero-order valence-electron chi connectivity index (χ0n) is 52.4. The Hall–Kier alpha value is -11.0. The van der Waals surface area contributed by atoms with E-state index in [-0.39, 0.29) is 36.8 Å². The molecule has 0 aromatic heterocycles. The molecule has 0 saturated heterocycles. The van der Waals surface area contributed by atoms with Crippen LogP contribution in [-0.4, -0.2) is 111 Å². The van der Waals surface area contributed by atoms with E-state index < -0.39 is 205 Å². The van der Waals surface area contributed by atoms with Gasteiger partial charge in [0.15, 0.2) is 46.3 Å². The number of hydrogen-bond donors (Lipinski definition) is 8. The summed E-state index contributed by atoms with van der Waals surface area (Å²) in [5, 5.41) is 96.1. The van der Waals surface area contributed by atoms with Crippen LogP contribution >= 0.6 is 0 Å². The van der Waals surface area contributed by atoms with Crippen LogP contribution in [0.5, 0.6) is 46.0 Å². The lowest BCUT2D eigenvalue weighted by Crippen LogP contribution is -2.33. The summed E-state index contributed by atoms with van der Waals surface area (Å²) >= 11 is 0. The lowest BCUT2D eigenvalue weighted by atomic mass is 9.69. The lowest BCUT2D eigenvalue weighted by Gasteiger charge is -2.31. The number of carbonyl (C=O) groups excluding carboxylic acids is 10. The minimum atomic E-state index is -1.67. The molecule has 474 valence electrons. The molecular formula is C72H66O20. The van der Waals surface area contributed by atoms with Crippen molar-refractivity contribution in [2.24, 2.45) is 0 Å². The van der Waals surface area contributed by atoms with Gasteiger partial charge in [-0.2, -0.15) is 0 Å². The molecule has 0 amide bonds. The SMILES string of the molecule is CC(C)=CCC1=C([C@H](CC=C(C)C)OC(=O)C=C(C)C)C(=O)c2c(O)c(C3=C(C4=C(c5cc(O)c6c(c5O)C(=O)C([C@H](CC=C(C)C)OC(=O)C=C(C)C)=C(CC=C(C)C)C6=O)C(=O)c5c(O)ccc(O)c5C4=O)C(=O)c4c(O)ccc(O)c4C3=O)cc(O)c2C1=O. The number of hydrogen-bond acceptors (Lipinski definition) is 20. The van der Waals surface area contributed by atoms with Gasteiger partial charge < -0.3 is 50.3 Å². The second-order valence-electron chi connectivity index (χ2n) is 24.0. The minimum Gasteiger partial charge on any atom is -0.507 e. The monoisotopic (exact) mass is 1250 g/mol. The van der Waals surface area contributed by atoms with E-state index in [1.54, 1.807) is 107 Å². The van der Waals surface area contributed by atoms with E-state index in [0.717, 1.165) is 36.4 Å². The van der Waals surface area contributed by atoms with Gasteiger partial charge in [0.2, 0.25) is 0 Å². The number of benzene rings is 4. The molecule has 0 fully saturated rings. The van der Waals surface area contributed by atoms with Crippen molar-refractivity contribution in [3.05, 3.63) is 195 Å². The maximum absolute atomic E-state index is 15.8. The number of ether oxygens (including phenoxy) is 2. The van der Waals surface area contributed by atoms with Crippen molar-refractivity contribution in [3.8, 4) is 46.0 Å². The van der Waals surface area contributed by atoms with E-state index in [1.807, 2.05) is 0 Å². The predicted molar refractivity (Wildman–Crippen MR) is 336 cm³/mol. The Morgan fingerprint density at radius 1 is 0.348 bits per heavy atom. The van der Waals surface area contributed by atoms with E-state index in [4.69, 9.17) is 9.47 Å². The van der Waals surface area contributed by atoms with Crippen LogP contribution in [0.25, 0.3) is 11.1 Å². The quantitative estimate of drug-likeness (QED) is 0.0211. The molecule has 4 aromatic carbocycles. The molecule has 0 aliphatic heterocycles. The summed E-state index contributed by atoms with van der Waals surface area (Å²) in [6.07, 6.45) is 4.31. The summed E-state index contributed by atoms with van der Waals surface area (Å²) in [4.78, 5) is 151. The standard InChI is InChI=1S/C72H66O20/c1-29(2)13-17-35-49(45(23-15-31(5)6)91-47(79)25-33(9)10)67(85)61-57(63(35)81)43(77)27-37(65(61)83)51-59(71(89)55-41(75)21-19-39(73)53(55)69(51)87)60-52(70(88)54-40(74)20-22-42(76)56(54)72(60)90)38-28-44(78)58-62(66(38)84)68(86)50(36(64(58)82)18-14-30(3)4)46(24-16-32(7)8)92-48(80)26-34(11)12/h13-16,19-22,25-28,45-46,73-78,83-84H,17-18,23-24H2,1-12H3/t45-,46-/m0/s1. The maximum atomic E-state index is 15.8. The average molecular weight is 1250 g/mol. The Bertz CT molecular complexity index is 4150. The molecule has 0 unspecified atom stereocenters. The van der Waals surface area contributed by atoms with Crippen molar-refractivity contribution >= 4 is 69.4 Å². The molecule has 8 N–H and O–H groups in total. The highest BCUT2D eigenvalue weighted by Gasteiger charge is 2.50. The summed E-state index contributed by atoms with van der Waals surface area (Å²) in [6.45, 7) is 19.9. The van der Waals surface area contributed by atoms with Crippen LogP contribution < -0.4 is 0 Å². The average Bonchev–Trinajstić information content (AvgIpc) is 0.707. The highest BCUT2D eigenvalue weighted by atomic mass is 16.5. The topological polar surface area (TPSA) is 351 Å². The molecule has 0 bridgehead atoms. The fraction of sp³-hybridized carbons (Fsp3) is 0.250. The summed E-state index contributed by atoms with van der Waals surface area (Å²) in [5.74, 6) is -22.4. The van der Waals surface area contributed by atoms with Crippen LogP contribution in [0, 0.1) is 0 Å². The highest BCUT2D eigenvalue weighted by Crippen LogP contribution is 2.54. The predicted octanol–water partition coefficient (Wildman–Crippen LogP) is 12.2. The van der Waals surface area contributed by atoms with Crippen molar-refractivity contribution in [1.82, 2.24) is 0 Å². The number of allylic oxidation sites excluding steroid dienone is 14. The van der Waals surface area contributed by atoms with E-state index >= 15 is 38.4 Å². The van der Waals surface area contributed by atoms with Crippen LogP contribution in [0.3, 0.4) is 0 Å². The minimum absolute atomic E-state index is 0.238. The second-order valence-corrected chi connectivity index (χ2v) is 24.0. The Balaban J connectivity index is 1.54. The molecule has 20 heteroatoms. The first-order valence-electron chi connectivity index (χ1n) is 29.0. The van der Waals surface area contributed by atoms with Gasteiger partial charge in [-0.1, -0.05) is 57.7 Å². The third-order valence-corrected chi connectivity index (χ3v) is 15.5. The fourth-order valence-electron chi connectivity index (χ4n) is 11.4. The first-order chi connectivity index (χ1) is 43.1. The van der Waals surface area contributed by atoms with Gasteiger partial charge in [-0.3, -0.25) is 38.4 Å². The number of carbonyl (C=O) groups is 10. The van der Waals surface area contributed by atoms with Crippen LogP contribution in [0.15, 0.2) is 140 Å². The summed E-state index contributed by atoms with van der Waals surface area (Å²) < 4.78 is 11.7. The molecule has 2 atom stereocenters. The first kappa shape index (κ1) is 66.9. The third kappa shape index (κ3) is 12.1. The van der Waals surface area contributed by atoms with Gasteiger partial charge >= 0.3 is 11.9 Å². The smallest absolute Gasteiger partial charge is 0.331 e. The Labute approximate surface area is 527 Å². The zero-order chi connectivity index (χ0) is 68.1. The fourth-order valence-corrected chi connectivity index (χ4v) is 11.4. The van der Waals surface area contributed by atoms with Crippen molar-refractivity contribution < 1.29 is 98.3 Å². The Morgan fingerprint density at radius 2 is 0.620 bits per heavy atom. The number of phenols is 8. The molecule has 20 nitrogen and oxygen atoms in total. The summed E-state index contributed by atoms with van der Waals surface area (Å²) in [5.41, 5.74) is -13.4. The van der Waals surface area contributed by atoms with Gasteiger partial charge in [0, 0.05) is 80.7 Å². The molecular weight excluding hydrogens is 1180 g/mol. The number of phenolic OH excluding ortho intramolecular Hbond substituents is 8. The van der Waals surface area contributed by atoms with Crippen LogP contribution in [0.4, 0.5) is 0 Å². The molecule has 0 spiro atoms. The van der Waals surface area contributed by atoms with Gasteiger partial charge in [0.25, 0.3) is 0 Å². The largest absolute Gasteiger partial charge is 0.507 e. The van der Waals surface area contributed by atoms with Gasteiger partial charge in [-0.15, -0.1) is 0 Å². The van der Waals surface area contributed by atoms with Gasteiger partial charge in [-0.05, 0) is 132 Å². The van der Waals surface area contributed by atoms with E-state index in [1.165, 1.54) is 0 Å². The molecule has 8 rings (SSSR count). The van der Waals surface area contributed by atoms with E-state index in [9.17, 15) is 50.4 Å². The molecule has 0 heterocycles. The Morgan fingerprint density at radius 3 is 0.891 bits per heavy atom. The van der Waals surface area contributed by atoms with E-state index in [0.29, 0.717) is 45.6 Å². The molecule has 4 aromatic rings. The third-order valence-electron chi connectivity index (χ3n) is 15.5. The van der Waals surface area contributed by atoms with Crippen LogP contribution in [-0.2, 0) is 19.1 Å². The van der Waals surface area contributed by atoms with E-state index in [2.05, 4.69) is 0 Å². The molecule has 92 heavy (non-hydrogen) atoms. The number of rotatable bonds is 17. The molecule has 4 aliphatic rings. The number of aromatic hydroxyl groups is 8. The van der Waals surface area contributed by atoms with Gasteiger partial charge in [0.1, 0.15) is 58.2 Å². The van der Waals surface area contributed by atoms with Crippen molar-refractivity contribution in [2.45, 2.75) is 121 Å². The Kier molecular flexibility index (Phi) is 18.8. The lowest BCUT2D eigenvalue weighted by molar-refractivity contribution is -0.142. The number of Topliss-reactive ketones (excluding diaryl/α,β-unsaturated/α-hetero) is 8. The second kappa shape index (κ2) is 25.8. The van der Waals surface area contributed by atoms with Gasteiger partial charge in [-0.25, -0.2) is 9.59 Å². The summed E-state index contributed by atoms with van der Waals surface area (Å²) in [7, 11) is 0. The first-order valence-corrected chi connectivity index (χ1v) is 29.0. The molecule has 4 aliphatic carbocycles. The zero-order valence-corrected chi connectivity index (χ0v) is 52.4. The van der Waals surface area contributed by atoms with Crippen LogP contribution in [0.1, 0.15) is 203 Å².